The monoisotopic (exact) mass is 466 g/mol. The van der Waals surface area contributed by atoms with E-state index in [0.717, 1.165) is 49.6 Å². The van der Waals surface area contributed by atoms with Crippen LogP contribution in [0.4, 0.5) is 17.5 Å². The Morgan fingerprint density at radius 2 is 1.88 bits per heavy atom. The van der Waals surface area contributed by atoms with E-state index in [0.29, 0.717) is 24.8 Å². The van der Waals surface area contributed by atoms with E-state index in [1.165, 1.54) is 11.1 Å². The number of hydrogen-bond acceptors (Lipinski definition) is 7. The summed E-state index contributed by atoms with van der Waals surface area (Å²) in [5.41, 5.74) is 5.18. The molecule has 2 aromatic heterocycles. The third kappa shape index (κ3) is 5.50. The molecule has 0 bridgehead atoms. The van der Waals surface area contributed by atoms with Crippen molar-refractivity contribution in [2.45, 2.75) is 59.0 Å². The maximum absolute atomic E-state index is 5.98. The molecule has 8 heteroatoms. The van der Waals surface area contributed by atoms with Crippen molar-refractivity contribution in [3.05, 3.63) is 35.7 Å². The molecule has 184 valence electrons. The largest absolute Gasteiger partial charge is 0.379 e. The standard InChI is InChI=1S/C26H38N6O2/c1-7-33-14-15-34-20-10-12-32(13-11-20)25-29-23-22(31(6)17-27-23)24(30-25)28-21-16-19(26(3,4)5)9-8-18(21)2/h8-9,16-17,20H,7,10-15H2,1-6H3,(H,28,29,30). The molecule has 1 saturated heterocycles. The number of rotatable bonds is 8. The second-order valence-corrected chi connectivity index (χ2v) is 10.1. The van der Waals surface area contributed by atoms with Gasteiger partial charge in [0.05, 0.1) is 25.6 Å². The van der Waals surface area contributed by atoms with Crippen LogP contribution in [0.5, 0.6) is 0 Å². The number of fused-ring (bicyclic) bond motifs is 1. The van der Waals surface area contributed by atoms with E-state index in [2.05, 4.69) is 61.1 Å². The van der Waals surface area contributed by atoms with Gasteiger partial charge in [-0.1, -0.05) is 32.9 Å². The third-order valence-corrected chi connectivity index (χ3v) is 6.43. The topological polar surface area (TPSA) is 77.3 Å². The molecule has 0 spiro atoms. The summed E-state index contributed by atoms with van der Waals surface area (Å²) < 4.78 is 13.3. The fourth-order valence-corrected chi connectivity index (χ4v) is 4.27. The number of nitrogens with one attached hydrogen (secondary N) is 1. The third-order valence-electron chi connectivity index (χ3n) is 6.43. The molecule has 0 aliphatic carbocycles. The first-order valence-corrected chi connectivity index (χ1v) is 12.3. The van der Waals surface area contributed by atoms with Gasteiger partial charge in [-0.3, -0.25) is 0 Å². The van der Waals surface area contributed by atoms with Crippen LogP contribution in [0.1, 0.15) is 51.7 Å². The van der Waals surface area contributed by atoms with E-state index in [9.17, 15) is 0 Å². The lowest BCUT2D eigenvalue weighted by Crippen LogP contribution is -2.38. The van der Waals surface area contributed by atoms with Crippen molar-refractivity contribution in [2.24, 2.45) is 7.05 Å². The van der Waals surface area contributed by atoms with Crippen LogP contribution in [-0.2, 0) is 21.9 Å². The van der Waals surface area contributed by atoms with Gasteiger partial charge in [0.15, 0.2) is 11.5 Å². The minimum absolute atomic E-state index is 0.0674. The van der Waals surface area contributed by atoms with Gasteiger partial charge < -0.3 is 24.3 Å². The highest BCUT2D eigenvalue weighted by atomic mass is 16.5. The molecule has 34 heavy (non-hydrogen) atoms. The molecule has 0 atom stereocenters. The van der Waals surface area contributed by atoms with Gasteiger partial charge in [-0.15, -0.1) is 0 Å². The second-order valence-electron chi connectivity index (χ2n) is 10.1. The first-order valence-electron chi connectivity index (χ1n) is 12.3. The summed E-state index contributed by atoms with van der Waals surface area (Å²) in [5, 5.41) is 3.61. The van der Waals surface area contributed by atoms with Crippen molar-refractivity contribution in [1.82, 2.24) is 19.5 Å². The maximum atomic E-state index is 5.98. The van der Waals surface area contributed by atoms with Gasteiger partial charge in [-0.05, 0) is 49.3 Å². The molecule has 0 saturated carbocycles. The Morgan fingerprint density at radius 3 is 2.59 bits per heavy atom. The van der Waals surface area contributed by atoms with E-state index in [4.69, 9.17) is 19.4 Å². The van der Waals surface area contributed by atoms with Crippen LogP contribution in [0.25, 0.3) is 11.2 Å². The predicted octanol–water partition coefficient (Wildman–Crippen LogP) is 4.73. The highest BCUT2D eigenvalue weighted by Crippen LogP contribution is 2.31. The van der Waals surface area contributed by atoms with Gasteiger partial charge in [0.25, 0.3) is 0 Å². The molecule has 1 aromatic carbocycles. The molecular weight excluding hydrogens is 428 g/mol. The summed E-state index contributed by atoms with van der Waals surface area (Å²) in [5.74, 6) is 1.50. The average molecular weight is 467 g/mol. The van der Waals surface area contributed by atoms with Crippen LogP contribution >= 0.6 is 0 Å². The lowest BCUT2D eigenvalue weighted by molar-refractivity contribution is -0.00240. The molecule has 1 aliphatic rings. The van der Waals surface area contributed by atoms with Crippen molar-refractivity contribution >= 4 is 28.6 Å². The molecule has 3 aromatic rings. The van der Waals surface area contributed by atoms with Crippen molar-refractivity contribution in [1.29, 1.82) is 0 Å². The van der Waals surface area contributed by atoms with Crippen molar-refractivity contribution in [3.63, 3.8) is 0 Å². The Balaban J connectivity index is 1.56. The molecule has 3 heterocycles. The van der Waals surface area contributed by atoms with Crippen LogP contribution in [0.2, 0.25) is 0 Å². The van der Waals surface area contributed by atoms with Gasteiger partial charge >= 0.3 is 0 Å². The lowest BCUT2D eigenvalue weighted by atomic mass is 9.86. The fraction of sp³-hybridized carbons (Fsp3) is 0.577. The number of benzene rings is 1. The molecule has 4 rings (SSSR count). The molecule has 1 fully saturated rings. The molecule has 0 amide bonds. The Labute approximate surface area is 202 Å². The Hall–Kier alpha value is -2.71. The summed E-state index contributed by atoms with van der Waals surface area (Å²) in [6.45, 7) is 14.6. The summed E-state index contributed by atoms with van der Waals surface area (Å²) in [6, 6.07) is 6.60. The van der Waals surface area contributed by atoms with E-state index in [1.54, 1.807) is 6.33 Å². The van der Waals surface area contributed by atoms with E-state index in [-0.39, 0.29) is 11.5 Å². The lowest BCUT2D eigenvalue weighted by Gasteiger charge is -2.32. The molecule has 1 aliphatic heterocycles. The highest BCUT2D eigenvalue weighted by molar-refractivity contribution is 5.87. The van der Waals surface area contributed by atoms with Crippen molar-refractivity contribution in [3.8, 4) is 0 Å². The minimum Gasteiger partial charge on any atom is -0.379 e. The van der Waals surface area contributed by atoms with Crippen LogP contribution in [0, 0.1) is 6.92 Å². The van der Waals surface area contributed by atoms with E-state index < -0.39 is 0 Å². The number of aryl methyl sites for hydroxylation is 2. The van der Waals surface area contributed by atoms with Gasteiger partial charge in [0.2, 0.25) is 5.95 Å². The van der Waals surface area contributed by atoms with Crippen molar-refractivity contribution in [2.75, 3.05) is 43.1 Å². The number of ether oxygens (including phenoxy) is 2. The smallest absolute Gasteiger partial charge is 0.229 e. The summed E-state index contributed by atoms with van der Waals surface area (Å²) >= 11 is 0. The van der Waals surface area contributed by atoms with Crippen LogP contribution < -0.4 is 10.2 Å². The quantitative estimate of drug-likeness (QED) is 0.481. The zero-order valence-corrected chi connectivity index (χ0v) is 21.4. The molecule has 1 N–H and O–H groups in total. The molecule has 0 unspecified atom stereocenters. The normalized spacial score (nSPS) is 15.3. The van der Waals surface area contributed by atoms with E-state index >= 15 is 0 Å². The summed E-state index contributed by atoms with van der Waals surface area (Å²) in [6.07, 6.45) is 3.96. The van der Waals surface area contributed by atoms with Crippen LogP contribution in [-0.4, -0.2) is 58.5 Å². The van der Waals surface area contributed by atoms with E-state index in [1.807, 2.05) is 18.5 Å². The molecule has 8 nitrogen and oxygen atoms in total. The maximum Gasteiger partial charge on any atom is 0.229 e. The fourth-order valence-electron chi connectivity index (χ4n) is 4.27. The van der Waals surface area contributed by atoms with Gasteiger partial charge in [0.1, 0.15) is 5.52 Å². The van der Waals surface area contributed by atoms with Gasteiger partial charge in [-0.25, -0.2) is 4.98 Å². The number of imidazole rings is 1. The zero-order chi connectivity index (χ0) is 24.3. The average Bonchev–Trinajstić information content (AvgIpc) is 3.19. The Kier molecular flexibility index (Phi) is 7.38. The molecular formula is C26H38N6O2. The number of hydrogen-bond donors (Lipinski definition) is 1. The van der Waals surface area contributed by atoms with Crippen LogP contribution in [0.3, 0.4) is 0 Å². The zero-order valence-electron chi connectivity index (χ0n) is 21.4. The van der Waals surface area contributed by atoms with Crippen molar-refractivity contribution < 1.29 is 9.47 Å². The number of aromatic nitrogens is 4. The van der Waals surface area contributed by atoms with Gasteiger partial charge in [0, 0.05) is 32.4 Å². The SMILES string of the molecule is CCOCCOC1CCN(c2nc(Nc3cc(C(C)(C)C)ccc3C)c3c(ncn3C)n2)CC1. The first-order chi connectivity index (χ1) is 16.3. The first kappa shape index (κ1) is 24.4. The highest BCUT2D eigenvalue weighted by Gasteiger charge is 2.24. The minimum atomic E-state index is 0.0674. The van der Waals surface area contributed by atoms with Gasteiger partial charge in [-0.2, -0.15) is 9.97 Å². The summed E-state index contributed by atoms with van der Waals surface area (Å²) in [7, 11) is 1.98. The Morgan fingerprint density at radius 1 is 1.12 bits per heavy atom. The Bertz CT molecular complexity index is 1110. The summed E-state index contributed by atoms with van der Waals surface area (Å²) in [4.78, 5) is 16.5. The van der Waals surface area contributed by atoms with Crippen LogP contribution in [0.15, 0.2) is 24.5 Å². The number of anilines is 3. The predicted molar refractivity (Wildman–Crippen MR) is 137 cm³/mol. The second kappa shape index (κ2) is 10.3. The number of nitrogens with zero attached hydrogens (tertiary/aromatic N) is 5. The molecule has 0 radical (unpaired) electrons. The number of piperidine rings is 1.